The fraction of sp³-hybridized carbons (Fsp3) is 0.632. The average Bonchev–Trinajstić information content (AvgIpc) is 2.99. The molecule has 5 nitrogen and oxygen atoms in total. The number of rotatable bonds is 4. The number of carbonyl (C=O) groups is 2. The Morgan fingerprint density at radius 3 is 2.79 bits per heavy atom. The lowest BCUT2D eigenvalue weighted by atomic mass is 9.83. The lowest BCUT2D eigenvalue weighted by Gasteiger charge is -2.37. The number of nitrogens with zero attached hydrogens (tertiary/aromatic N) is 2. The first kappa shape index (κ1) is 16.9. The van der Waals surface area contributed by atoms with Gasteiger partial charge in [-0.15, -0.1) is 0 Å². The van der Waals surface area contributed by atoms with Crippen LogP contribution in [0.3, 0.4) is 0 Å². The zero-order valence-electron chi connectivity index (χ0n) is 14.7. The summed E-state index contributed by atoms with van der Waals surface area (Å²) in [5.74, 6) is 0.212. The second-order valence-electron chi connectivity index (χ2n) is 7.14. The minimum absolute atomic E-state index is 0.0705. The molecule has 1 aromatic heterocycles. The van der Waals surface area contributed by atoms with Crippen LogP contribution in [0.15, 0.2) is 12.3 Å². The van der Waals surface area contributed by atoms with Crippen molar-refractivity contribution in [2.75, 3.05) is 6.54 Å². The topological polar surface area (TPSA) is 62.3 Å². The number of aromatic nitrogens is 1. The van der Waals surface area contributed by atoms with E-state index in [0.29, 0.717) is 13.0 Å². The highest BCUT2D eigenvalue weighted by molar-refractivity contribution is 5.82. The summed E-state index contributed by atoms with van der Waals surface area (Å²) >= 11 is 0. The van der Waals surface area contributed by atoms with Crippen molar-refractivity contribution in [2.45, 2.75) is 65.0 Å². The molecule has 0 radical (unpaired) electrons. The van der Waals surface area contributed by atoms with E-state index >= 15 is 0 Å². The van der Waals surface area contributed by atoms with Crippen molar-refractivity contribution in [3.63, 3.8) is 0 Å². The molecule has 2 amide bonds. The molecule has 0 unspecified atom stereocenters. The molecule has 1 aliphatic carbocycles. The van der Waals surface area contributed by atoms with Gasteiger partial charge in [0.2, 0.25) is 11.8 Å². The molecule has 0 aromatic carbocycles. The number of hydrogen-bond donors (Lipinski definition) is 1. The Hall–Kier alpha value is -1.91. The van der Waals surface area contributed by atoms with Gasteiger partial charge in [0, 0.05) is 25.2 Å². The van der Waals surface area contributed by atoms with Crippen molar-refractivity contribution in [2.24, 2.45) is 5.92 Å². The van der Waals surface area contributed by atoms with Crippen LogP contribution < -0.4 is 5.32 Å². The molecule has 1 saturated carbocycles. The SMILES string of the molecule is Cc1cnc(CNC(=O)[C@@H]2CCCC[C@@H]2N2CCCC2=O)c(C)c1. The molecule has 1 aliphatic heterocycles. The van der Waals surface area contributed by atoms with E-state index in [1.54, 1.807) is 0 Å². The van der Waals surface area contributed by atoms with Crippen LogP contribution in [0.4, 0.5) is 0 Å². The lowest BCUT2D eigenvalue weighted by molar-refractivity contribution is -0.135. The number of pyridine rings is 1. The summed E-state index contributed by atoms with van der Waals surface area (Å²) < 4.78 is 0. The van der Waals surface area contributed by atoms with Gasteiger partial charge in [-0.2, -0.15) is 0 Å². The lowest BCUT2D eigenvalue weighted by Crippen LogP contribution is -2.49. The summed E-state index contributed by atoms with van der Waals surface area (Å²) in [5.41, 5.74) is 3.14. The first-order valence-electron chi connectivity index (χ1n) is 9.05. The van der Waals surface area contributed by atoms with E-state index in [4.69, 9.17) is 0 Å². The molecule has 2 heterocycles. The second kappa shape index (κ2) is 7.32. The number of carbonyl (C=O) groups excluding carboxylic acids is 2. The largest absolute Gasteiger partial charge is 0.350 e. The summed E-state index contributed by atoms with van der Waals surface area (Å²) in [4.78, 5) is 31.2. The van der Waals surface area contributed by atoms with Gasteiger partial charge >= 0.3 is 0 Å². The van der Waals surface area contributed by atoms with Gasteiger partial charge < -0.3 is 10.2 Å². The van der Waals surface area contributed by atoms with Crippen LogP contribution in [0.25, 0.3) is 0 Å². The Kier molecular flexibility index (Phi) is 5.17. The molecule has 2 atom stereocenters. The van der Waals surface area contributed by atoms with Gasteiger partial charge in [-0.25, -0.2) is 0 Å². The van der Waals surface area contributed by atoms with E-state index in [1.807, 2.05) is 24.9 Å². The maximum absolute atomic E-state index is 12.7. The van der Waals surface area contributed by atoms with Gasteiger partial charge in [0.15, 0.2) is 0 Å². The summed E-state index contributed by atoms with van der Waals surface area (Å²) in [6.45, 7) is 5.31. The molecular formula is C19H27N3O2. The summed E-state index contributed by atoms with van der Waals surface area (Å²) in [5, 5.41) is 3.06. The van der Waals surface area contributed by atoms with Gasteiger partial charge in [-0.3, -0.25) is 14.6 Å². The molecule has 2 aliphatic rings. The molecule has 130 valence electrons. The van der Waals surface area contributed by atoms with E-state index in [9.17, 15) is 9.59 Å². The summed E-state index contributed by atoms with van der Waals surface area (Å²) in [6, 6.07) is 2.17. The highest BCUT2D eigenvalue weighted by atomic mass is 16.2. The van der Waals surface area contributed by atoms with E-state index in [-0.39, 0.29) is 23.8 Å². The summed E-state index contributed by atoms with van der Waals surface area (Å²) in [6.07, 6.45) is 7.40. The molecule has 5 heteroatoms. The van der Waals surface area contributed by atoms with Crippen LogP contribution in [0.5, 0.6) is 0 Å². The zero-order valence-corrected chi connectivity index (χ0v) is 14.7. The zero-order chi connectivity index (χ0) is 17.1. The van der Waals surface area contributed by atoms with Crippen LogP contribution in [-0.2, 0) is 16.1 Å². The number of amides is 2. The predicted molar refractivity (Wildman–Crippen MR) is 92.3 cm³/mol. The Morgan fingerprint density at radius 1 is 1.29 bits per heavy atom. The second-order valence-corrected chi connectivity index (χ2v) is 7.14. The van der Waals surface area contributed by atoms with E-state index in [0.717, 1.165) is 55.5 Å². The first-order valence-corrected chi connectivity index (χ1v) is 9.05. The van der Waals surface area contributed by atoms with Crippen molar-refractivity contribution in [1.82, 2.24) is 15.2 Å². The van der Waals surface area contributed by atoms with Crippen LogP contribution in [0.1, 0.15) is 55.3 Å². The van der Waals surface area contributed by atoms with E-state index in [1.165, 1.54) is 0 Å². The molecule has 0 spiro atoms. The highest BCUT2D eigenvalue weighted by Crippen LogP contribution is 2.31. The highest BCUT2D eigenvalue weighted by Gasteiger charge is 2.38. The Morgan fingerprint density at radius 2 is 2.08 bits per heavy atom. The number of aryl methyl sites for hydroxylation is 2. The average molecular weight is 329 g/mol. The van der Waals surface area contributed by atoms with Crippen molar-refractivity contribution < 1.29 is 9.59 Å². The molecular weight excluding hydrogens is 302 g/mol. The van der Waals surface area contributed by atoms with Gasteiger partial charge in [-0.05, 0) is 44.2 Å². The van der Waals surface area contributed by atoms with E-state index in [2.05, 4.69) is 16.4 Å². The monoisotopic (exact) mass is 329 g/mol. The molecule has 1 aromatic rings. The third-order valence-corrected chi connectivity index (χ3v) is 5.33. The molecule has 24 heavy (non-hydrogen) atoms. The quantitative estimate of drug-likeness (QED) is 0.923. The van der Waals surface area contributed by atoms with Crippen molar-refractivity contribution in [1.29, 1.82) is 0 Å². The van der Waals surface area contributed by atoms with Crippen LogP contribution >= 0.6 is 0 Å². The molecule has 2 fully saturated rings. The molecule has 1 N–H and O–H groups in total. The van der Waals surface area contributed by atoms with Crippen molar-refractivity contribution in [3.05, 3.63) is 29.1 Å². The number of likely N-dealkylation sites (tertiary alicyclic amines) is 1. The summed E-state index contributed by atoms with van der Waals surface area (Å²) in [7, 11) is 0. The predicted octanol–water partition coefficient (Wildman–Crippen LogP) is 2.50. The van der Waals surface area contributed by atoms with Gasteiger partial charge in [0.1, 0.15) is 0 Å². The standard InChI is InChI=1S/C19H27N3O2/c1-13-10-14(2)16(20-11-13)12-21-19(24)15-6-3-4-7-17(15)22-9-5-8-18(22)23/h10-11,15,17H,3-9,12H2,1-2H3,(H,21,24)/t15-,17+/m1/s1. The minimum atomic E-state index is -0.0773. The fourth-order valence-corrected chi connectivity index (χ4v) is 4.04. The van der Waals surface area contributed by atoms with Crippen molar-refractivity contribution >= 4 is 11.8 Å². The third kappa shape index (κ3) is 3.60. The third-order valence-electron chi connectivity index (χ3n) is 5.33. The Bertz CT molecular complexity index is 629. The van der Waals surface area contributed by atoms with Crippen molar-refractivity contribution in [3.8, 4) is 0 Å². The van der Waals surface area contributed by atoms with Gasteiger partial charge in [0.05, 0.1) is 18.2 Å². The van der Waals surface area contributed by atoms with Crippen LogP contribution in [0, 0.1) is 19.8 Å². The van der Waals surface area contributed by atoms with Crippen LogP contribution in [-0.4, -0.2) is 34.3 Å². The molecule has 3 rings (SSSR count). The Balaban J connectivity index is 1.64. The molecule has 1 saturated heterocycles. The van der Waals surface area contributed by atoms with Gasteiger partial charge in [-0.1, -0.05) is 18.9 Å². The Labute approximate surface area is 143 Å². The molecule has 0 bridgehead atoms. The number of hydrogen-bond acceptors (Lipinski definition) is 3. The smallest absolute Gasteiger partial charge is 0.225 e. The maximum atomic E-state index is 12.7. The normalized spacial score (nSPS) is 24.2. The first-order chi connectivity index (χ1) is 11.6. The van der Waals surface area contributed by atoms with E-state index < -0.39 is 0 Å². The number of nitrogens with one attached hydrogen (secondary N) is 1. The van der Waals surface area contributed by atoms with Crippen LogP contribution in [0.2, 0.25) is 0 Å². The maximum Gasteiger partial charge on any atom is 0.225 e. The fourth-order valence-electron chi connectivity index (χ4n) is 4.04. The minimum Gasteiger partial charge on any atom is -0.350 e. The van der Waals surface area contributed by atoms with Gasteiger partial charge in [0.25, 0.3) is 0 Å².